The van der Waals surface area contributed by atoms with Crippen molar-refractivity contribution in [3.63, 3.8) is 0 Å². The van der Waals surface area contributed by atoms with Crippen molar-refractivity contribution < 1.29 is 14.5 Å². The van der Waals surface area contributed by atoms with Crippen LogP contribution in [0, 0.1) is 10.1 Å². The normalized spacial score (nSPS) is 9.56. The van der Waals surface area contributed by atoms with E-state index in [1.54, 1.807) is 6.07 Å². The van der Waals surface area contributed by atoms with E-state index in [-0.39, 0.29) is 5.69 Å². The number of nitrogens with one attached hydrogen (secondary N) is 2. The van der Waals surface area contributed by atoms with Gasteiger partial charge < -0.3 is 10.6 Å². The Balaban J connectivity index is 2.98. The zero-order chi connectivity index (χ0) is 12.0. The average Bonchev–Trinajstić information content (AvgIpc) is 2.29. The Bertz CT molecular complexity index is 397. The van der Waals surface area contributed by atoms with E-state index in [2.05, 4.69) is 10.6 Å². The lowest BCUT2D eigenvalue weighted by Gasteiger charge is -2.14. The quantitative estimate of drug-likeness (QED) is 0.308. The number of rotatable bonds is 6. The molecule has 0 radical (unpaired) electrons. The van der Waals surface area contributed by atoms with E-state index in [4.69, 9.17) is 0 Å². The lowest BCUT2D eigenvalue weighted by Crippen LogP contribution is -2.32. The fourth-order valence-corrected chi connectivity index (χ4v) is 1.19. The summed E-state index contributed by atoms with van der Waals surface area (Å²) in [5, 5.41) is 15.2. The number of hydrogen-bond acceptors (Lipinski definition) is 4. The number of non-ortho nitro benzene ring substituents is 1. The first-order chi connectivity index (χ1) is 7.69. The zero-order valence-corrected chi connectivity index (χ0v) is 8.12. The maximum atomic E-state index is 10.5. The minimum Gasteiger partial charge on any atom is -0.335 e. The molecule has 0 heterocycles. The van der Waals surface area contributed by atoms with Gasteiger partial charge in [-0.2, -0.15) is 0 Å². The third-order valence-corrected chi connectivity index (χ3v) is 1.88. The largest absolute Gasteiger partial charge is 0.335 e. The monoisotopic (exact) mass is 223 g/mol. The summed E-state index contributed by atoms with van der Waals surface area (Å²) >= 11 is 0. The van der Waals surface area contributed by atoms with Gasteiger partial charge in [-0.15, -0.1) is 0 Å². The highest BCUT2D eigenvalue weighted by atomic mass is 16.6. The lowest BCUT2D eigenvalue weighted by atomic mass is 10.1. The molecule has 7 heteroatoms. The summed E-state index contributed by atoms with van der Waals surface area (Å²) in [7, 11) is 0. The van der Waals surface area contributed by atoms with Crippen LogP contribution in [0.5, 0.6) is 0 Å². The topological polar surface area (TPSA) is 101 Å². The van der Waals surface area contributed by atoms with Gasteiger partial charge in [-0.05, 0) is 0 Å². The Morgan fingerprint density at radius 2 is 1.88 bits per heavy atom. The fraction of sp³-hybridized carbons (Fsp3) is 0.111. The van der Waals surface area contributed by atoms with Gasteiger partial charge in [0.15, 0.2) is 0 Å². The second-order valence-electron chi connectivity index (χ2n) is 2.85. The maximum absolute atomic E-state index is 10.5. The number of hydrogen-bond donors (Lipinski definition) is 2. The summed E-state index contributed by atoms with van der Waals surface area (Å²) in [6.07, 6.45) is 0.0369. The first kappa shape index (κ1) is 11.6. The number of carbonyl (C=O) groups is 2. The van der Waals surface area contributed by atoms with E-state index in [1.807, 2.05) is 0 Å². The van der Waals surface area contributed by atoms with Crippen molar-refractivity contribution in [2.75, 3.05) is 0 Å². The Morgan fingerprint density at radius 1 is 1.25 bits per heavy atom. The molecule has 7 nitrogen and oxygen atoms in total. The number of nitro groups is 1. The molecule has 16 heavy (non-hydrogen) atoms. The standard InChI is InChI=1S/C9H9N3O4/c13-5-10-9(11-6-14)7-2-1-3-8(4-7)12(15)16/h1-6,9H,(H,10,13)(H,11,14). The first-order valence-electron chi connectivity index (χ1n) is 4.32. The van der Waals surface area contributed by atoms with E-state index >= 15 is 0 Å². The van der Waals surface area contributed by atoms with Gasteiger partial charge >= 0.3 is 0 Å². The van der Waals surface area contributed by atoms with Gasteiger partial charge in [0.05, 0.1) is 4.92 Å². The molecule has 0 spiro atoms. The molecule has 1 aromatic rings. The summed E-state index contributed by atoms with van der Waals surface area (Å²) < 4.78 is 0. The van der Waals surface area contributed by atoms with Crippen molar-refractivity contribution in [3.8, 4) is 0 Å². The summed E-state index contributed by atoms with van der Waals surface area (Å²) in [6.45, 7) is 0. The van der Waals surface area contributed by atoms with Crippen molar-refractivity contribution in [2.45, 2.75) is 6.17 Å². The molecule has 84 valence electrons. The molecule has 1 rings (SSSR count). The summed E-state index contributed by atoms with van der Waals surface area (Å²) in [6, 6.07) is 5.63. The molecule has 2 amide bonds. The predicted molar refractivity (Wildman–Crippen MR) is 54.2 cm³/mol. The zero-order valence-electron chi connectivity index (χ0n) is 8.12. The smallest absolute Gasteiger partial charge is 0.269 e. The SMILES string of the molecule is O=CNC(NC=O)c1cccc([N+](=O)[O-])c1. The number of nitro benzene ring substituents is 1. The second kappa shape index (κ2) is 5.44. The van der Waals surface area contributed by atoms with Crippen LogP contribution in [0.25, 0.3) is 0 Å². The molecule has 0 bridgehead atoms. The molecule has 1 aromatic carbocycles. The van der Waals surface area contributed by atoms with Crippen LogP contribution in [-0.2, 0) is 9.59 Å². The van der Waals surface area contributed by atoms with Gasteiger partial charge in [0.2, 0.25) is 12.8 Å². The molecular weight excluding hydrogens is 214 g/mol. The van der Waals surface area contributed by atoms with Crippen LogP contribution in [-0.4, -0.2) is 17.7 Å². The summed E-state index contributed by atoms with van der Waals surface area (Å²) in [5.41, 5.74) is 0.316. The van der Waals surface area contributed by atoms with Crippen LogP contribution < -0.4 is 10.6 Å². The van der Waals surface area contributed by atoms with Gasteiger partial charge in [-0.1, -0.05) is 12.1 Å². The van der Waals surface area contributed by atoms with Crippen LogP contribution in [0.3, 0.4) is 0 Å². The van der Waals surface area contributed by atoms with Crippen molar-refractivity contribution in [2.24, 2.45) is 0 Å². The van der Waals surface area contributed by atoms with Crippen molar-refractivity contribution in [1.82, 2.24) is 10.6 Å². The van der Waals surface area contributed by atoms with Gasteiger partial charge in [0.25, 0.3) is 5.69 Å². The summed E-state index contributed by atoms with van der Waals surface area (Å²) in [4.78, 5) is 30.5. The molecule has 0 fully saturated rings. The molecule has 0 aliphatic carbocycles. The minimum atomic E-state index is -0.769. The molecule has 2 N–H and O–H groups in total. The van der Waals surface area contributed by atoms with Crippen LogP contribution in [0.2, 0.25) is 0 Å². The van der Waals surface area contributed by atoms with E-state index < -0.39 is 11.1 Å². The maximum Gasteiger partial charge on any atom is 0.269 e. The van der Waals surface area contributed by atoms with Crippen LogP contribution in [0.1, 0.15) is 11.7 Å². The number of nitrogens with zero attached hydrogens (tertiary/aromatic N) is 1. The number of benzene rings is 1. The minimum absolute atomic E-state index is 0.108. The van der Waals surface area contributed by atoms with Crippen molar-refractivity contribution in [3.05, 3.63) is 39.9 Å². The number of amides is 2. The lowest BCUT2D eigenvalue weighted by molar-refractivity contribution is -0.384. The van der Waals surface area contributed by atoms with Gasteiger partial charge in [-0.3, -0.25) is 19.7 Å². The molecule has 0 saturated carbocycles. The average molecular weight is 223 g/mol. The van der Waals surface area contributed by atoms with Crippen LogP contribution in [0.15, 0.2) is 24.3 Å². The Labute approximate surface area is 90.6 Å². The van der Waals surface area contributed by atoms with Crippen molar-refractivity contribution in [1.29, 1.82) is 0 Å². The van der Waals surface area contributed by atoms with E-state index in [0.717, 1.165) is 0 Å². The first-order valence-corrected chi connectivity index (χ1v) is 4.32. The van der Waals surface area contributed by atoms with E-state index in [9.17, 15) is 19.7 Å². The van der Waals surface area contributed by atoms with Crippen LogP contribution in [0.4, 0.5) is 5.69 Å². The third kappa shape index (κ3) is 2.77. The second-order valence-corrected chi connectivity index (χ2v) is 2.85. The molecule has 0 saturated heterocycles. The molecule has 0 aliphatic rings. The van der Waals surface area contributed by atoms with E-state index in [1.165, 1.54) is 18.2 Å². The van der Waals surface area contributed by atoms with Gasteiger partial charge in [0.1, 0.15) is 6.17 Å². The fourth-order valence-electron chi connectivity index (χ4n) is 1.19. The molecular formula is C9H9N3O4. The molecule has 0 atom stereocenters. The predicted octanol–water partition coefficient (Wildman–Crippen LogP) is 0.0854. The highest BCUT2D eigenvalue weighted by Crippen LogP contribution is 2.17. The van der Waals surface area contributed by atoms with Crippen molar-refractivity contribution >= 4 is 18.5 Å². The number of carbonyl (C=O) groups excluding carboxylic acids is 2. The molecule has 0 aliphatic heterocycles. The Morgan fingerprint density at radius 3 is 2.38 bits per heavy atom. The molecule has 0 aromatic heterocycles. The van der Waals surface area contributed by atoms with Crippen LogP contribution >= 0.6 is 0 Å². The third-order valence-electron chi connectivity index (χ3n) is 1.88. The van der Waals surface area contributed by atoms with Gasteiger partial charge in [-0.25, -0.2) is 0 Å². The highest BCUT2D eigenvalue weighted by Gasteiger charge is 2.12. The summed E-state index contributed by atoms with van der Waals surface area (Å²) in [5.74, 6) is 0. The van der Waals surface area contributed by atoms with E-state index in [0.29, 0.717) is 18.4 Å². The molecule has 0 unspecified atom stereocenters. The van der Waals surface area contributed by atoms with Gasteiger partial charge in [0, 0.05) is 17.7 Å². The Hall–Kier alpha value is -2.44. The highest BCUT2D eigenvalue weighted by molar-refractivity contribution is 5.53. The Kier molecular flexibility index (Phi) is 3.96.